The van der Waals surface area contributed by atoms with Crippen LogP contribution in [0.15, 0.2) is 36.5 Å². The molecule has 1 heterocycles. The summed E-state index contributed by atoms with van der Waals surface area (Å²) in [5.74, 6) is 0.577. The number of pyridine rings is 1. The second-order valence-corrected chi connectivity index (χ2v) is 5.27. The van der Waals surface area contributed by atoms with Crippen molar-refractivity contribution in [3.05, 3.63) is 46.6 Å². The molecule has 0 atom stereocenters. The number of nitrogens with one attached hydrogen (secondary N) is 2. The van der Waals surface area contributed by atoms with Gasteiger partial charge in [0.15, 0.2) is 0 Å². The van der Waals surface area contributed by atoms with Gasteiger partial charge in [0.05, 0.1) is 27.6 Å². The minimum Gasteiger partial charge on any atom is -0.338 e. The van der Waals surface area contributed by atoms with Gasteiger partial charge in [-0.2, -0.15) is 0 Å². The van der Waals surface area contributed by atoms with E-state index in [-0.39, 0.29) is 5.91 Å². The van der Waals surface area contributed by atoms with Crippen LogP contribution in [0.1, 0.15) is 19.8 Å². The Morgan fingerprint density at radius 2 is 1.90 bits per heavy atom. The van der Waals surface area contributed by atoms with E-state index < -0.39 is 0 Å². The van der Waals surface area contributed by atoms with E-state index in [9.17, 15) is 4.79 Å². The zero-order chi connectivity index (χ0) is 15.2. The van der Waals surface area contributed by atoms with Gasteiger partial charge in [-0.15, -0.1) is 0 Å². The first-order chi connectivity index (χ1) is 10.1. The lowest BCUT2D eigenvalue weighted by molar-refractivity contribution is -0.116. The standard InChI is InChI=1S/C15H15Cl2N3O/c1-2-4-14(21)19-10-7-8-13(18-9-10)20-15-11(16)5-3-6-12(15)17/h3,5-9H,2,4H2,1H3,(H,18,20)(H,19,21). The highest BCUT2D eigenvalue weighted by Crippen LogP contribution is 2.32. The molecule has 0 radical (unpaired) electrons. The Kier molecular flexibility index (Phi) is 5.42. The topological polar surface area (TPSA) is 54.0 Å². The first kappa shape index (κ1) is 15.6. The van der Waals surface area contributed by atoms with E-state index in [1.54, 1.807) is 36.5 Å². The van der Waals surface area contributed by atoms with Gasteiger partial charge in [0.25, 0.3) is 0 Å². The second-order valence-electron chi connectivity index (χ2n) is 4.45. The number of amides is 1. The summed E-state index contributed by atoms with van der Waals surface area (Å²) in [7, 11) is 0. The third-order valence-corrected chi connectivity index (χ3v) is 3.37. The number of hydrogen-bond acceptors (Lipinski definition) is 3. The lowest BCUT2D eigenvalue weighted by atomic mass is 10.3. The zero-order valence-electron chi connectivity index (χ0n) is 11.5. The van der Waals surface area contributed by atoms with Crippen molar-refractivity contribution in [2.75, 3.05) is 10.6 Å². The van der Waals surface area contributed by atoms with Crippen molar-refractivity contribution in [1.29, 1.82) is 0 Å². The van der Waals surface area contributed by atoms with Crippen LogP contribution in [-0.2, 0) is 4.79 Å². The number of hydrogen-bond donors (Lipinski definition) is 2. The van der Waals surface area contributed by atoms with Crippen molar-refractivity contribution in [2.45, 2.75) is 19.8 Å². The smallest absolute Gasteiger partial charge is 0.224 e. The molecule has 21 heavy (non-hydrogen) atoms. The molecule has 0 aliphatic heterocycles. The van der Waals surface area contributed by atoms with Crippen LogP contribution in [0.2, 0.25) is 10.0 Å². The Balaban J connectivity index is 2.07. The third kappa shape index (κ3) is 4.34. The molecule has 0 spiro atoms. The molecule has 0 unspecified atom stereocenters. The predicted octanol–water partition coefficient (Wildman–Crippen LogP) is 4.87. The van der Waals surface area contributed by atoms with E-state index in [4.69, 9.17) is 23.2 Å². The van der Waals surface area contributed by atoms with Gasteiger partial charge < -0.3 is 10.6 Å². The Bertz CT molecular complexity index is 609. The number of para-hydroxylation sites is 1. The molecule has 2 rings (SSSR count). The summed E-state index contributed by atoms with van der Waals surface area (Å²) in [5, 5.41) is 6.87. The van der Waals surface area contributed by atoms with Crippen LogP contribution < -0.4 is 10.6 Å². The summed E-state index contributed by atoms with van der Waals surface area (Å²) < 4.78 is 0. The molecular weight excluding hydrogens is 309 g/mol. The molecule has 0 fully saturated rings. The summed E-state index contributed by atoms with van der Waals surface area (Å²) in [5.41, 5.74) is 1.26. The van der Waals surface area contributed by atoms with Crippen LogP contribution in [0.4, 0.5) is 17.2 Å². The molecule has 1 aromatic heterocycles. The molecular formula is C15H15Cl2N3O. The normalized spacial score (nSPS) is 10.2. The third-order valence-electron chi connectivity index (χ3n) is 2.74. The average molecular weight is 324 g/mol. The van der Waals surface area contributed by atoms with Crippen LogP contribution in [-0.4, -0.2) is 10.9 Å². The molecule has 2 aromatic rings. The van der Waals surface area contributed by atoms with Crippen molar-refractivity contribution in [2.24, 2.45) is 0 Å². The van der Waals surface area contributed by atoms with Crippen LogP contribution in [0.3, 0.4) is 0 Å². The van der Waals surface area contributed by atoms with Crippen LogP contribution in [0.5, 0.6) is 0 Å². The maximum absolute atomic E-state index is 11.5. The fourth-order valence-electron chi connectivity index (χ4n) is 1.74. The molecule has 0 aliphatic carbocycles. The number of anilines is 3. The quantitative estimate of drug-likeness (QED) is 0.825. The monoisotopic (exact) mass is 323 g/mol. The number of benzene rings is 1. The second kappa shape index (κ2) is 7.29. The highest BCUT2D eigenvalue weighted by molar-refractivity contribution is 6.39. The Morgan fingerprint density at radius 3 is 2.48 bits per heavy atom. The number of rotatable bonds is 5. The lowest BCUT2D eigenvalue weighted by Gasteiger charge is -2.10. The van der Waals surface area contributed by atoms with Gasteiger partial charge in [0, 0.05) is 6.42 Å². The maximum atomic E-state index is 11.5. The van der Waals surface area contributed by atoms with E-state index >= 15 is 0 Å². The number of carbonyl (C=O) groups is 1. The fourth-order valence-corrected chi connectivity index (χ4v) is 2.23. The number of aromatic nitrogens is 1. The van der Waals surface area contributed by atoms with Crippen molar-refractivity contribution in [3.8, 4) is 0 Å². The van der Waals surface area contributed by atoms with E-state index in [1.807, 2.05) is 6.92 Å². The highest BCUT2D eigenvalue weighted by Gasteiger charge is 2.06. The number of halogens is 2. The van der Waals surface area contributed by atoms with Gasteiger partial charge in [0.2, 0.25) is 5.91 Å². The Hall–Kier alpha value is -1.78. The minimum atomic E-state index is -0.0193. The van der Waals surface area contributed by atoms with Crippen molar-refractivity contribution in [1.82, 2.24) is 4.98 Å². The SMILES string of the molecule is CCCC(=O)Nc1ccc(Nc2c(Cl)cccc2Cl)nc1. The molecule has 1 amide bonds. The minimum absolute atomic E-state index is 0.0193. The van der Waals surface area contributed by atoms with Crippen LogP contribution in [0.25, 0.3) is 0 Å². The lowest BCUT2D eigenvalue weighted by Crippen LogP contribution is -2.10. The first-order valence-electron chi connectivity index (χ1n) is 6.57. The number of carbonyl (C=O) groups excluding carboxylic acids is 1. The van der Waals surface area contributed by atoms with Gasteiger partial charge in [-0.25, -0.2) is 4.98 Å². The average Bonchev–Trinajstić information content (AvgIpc) is 2.45. The predicted molar refractivity (Wildman–Crippen MR) is 87.5 cm³/mol. The largest absolute Gasteiger partial charge is 0.338 e. The van der Waals surface area contributed by atoms with Gasteiger partial charge >= 0.3 is 0 Å². The molecule has 0 bridgehead atoms. The molecule has 0 aliphatic rings. The molecule has 0 saturated heterocycles. The van der Waals surface area contributed by atoms with Gasteiger partial charge in [-0.1, -0.05) is 36.2 Å². The molecule has 110 valence electrons. The van der Waals surface area contributed by atoms with E-state index in [0.29, 0.717) is 33.7 Å². The van der Waals surface area contributed by atoms with E-state index in [2.05, 4.69) is 15.6 Å². The fraction of sp³-hybridized carbons (Fsp3) is 0.200. The first-order valence-corrected chi connectivity index (χ1v) is 7.32. The Labute approximate surface area is 133 Å². The summed E-state index contributed by atoms with van der Waals surface area (Å²) >= 11 is 12.2. The van der Waals surface area contributed by atoms with Crippen molar-refractivity contribution in [3.63, 3.8) is 0 Å². The summed E-state index contributed by atoms with van der Waals surface area (Å²) in [6, 6.07) is 8.79. The molecule has 2 N–H and O–H groups in total. The Morgan fingerprint density at radius 1 is 1.19 bits per heavy atom. The molecule has 1 aromatic carbocycles. The molecule has 4 nitrogen and oxygen atoms in total. The van der Waals surface area contributed by atoms with Gasteiger partial charge in [-0.05, 0) is 30.7 Å². The summed E-state index contributed by atoms with van der Waals surface area (Å²) in [6.45, 7) is 1.96. The van der Waals surface area contributed by atoms with Crippen molar-refractivity contribution < 1.29 is 4.79 Å². The zero-order valence-corrected chi connectivity index (χ0v) is 13.0. The van der Waals surface area contributed by atoms with E-state index in [0.717, 1.165) is 6.42 Å². The number of nitrogens with zero attached hydrogens (tertiary/aromatic N) is 1. The molecule has 6 heteroatoms. The molecule has 0 saturated carbocycles. The highest BCUT2D eigenvalue weighted by atomic mass is 35.5. The summed E-state index contributed by atoms with van der Waals surface area (Å²) in [6.07, 6.45) is 2.89. The summed E-state index contributed by atoms with van der Waals surface area (Å²) in [4.78, 5) is 15.7. The van der Waals surface area contributed by atoms with Crippen LogP contribution in [0, 0.1) is 0 Å². The van der Waals surface area contributed by atoms with Gasteiger partial charge in [-0.3, -0.25) is 4.79 Å². The van der Waals surface area contributed by atoms with E-state index in [1.165, 1.54) is 0 Å². The van der Waals surface area contributed by atoms with Gasteiger partial charge in [0.1, 0.15) is 5.82 Å². The maximum Gasteiger partial charge on any atom is 0.224 e. The van der Waals surface area contributed by atoms with Crippen molar-refractivity contribution >= 4 is 46.3 Å². The van der Waals surface area contributed by atoms with Crippen LogP contribution >= 0.6 is 23.2 Å².